The summed E-state index contributed by atoms with van der Waals surface area (Å²) in [5.74, 6) is -0.253. The van der Waals surface area contributed by atoms with Gasteiger partial charge in [0.2, 0.25) is 0 Å². The van der Waals surface area contributed by atoms with E-state index in [1.54, 1.807) is 13.3 Å². The molecule has 0 bridgehead atoms. The largest absolute Gasteiger partial charge is 0.383 e. The molecule has 0 unspecified atom stereocenters. The van der Waals surface area contributed by atoms with Gasteiger partial charge in [0.1, 0.15) is 0 Å². The number of nitrogens with zero attached hydrogens (tertiary/aromatic N) is 3. The molecule has 0 fully saturated rings. The molecular weight excluding hydrogens is 406 g/mol. The minimum Gasteiger partial charge on any atom is -0.383 e. The van der Waals surface area contributed by atoms with Crippen molar-refractivity contribution in [2.24, 2.45) is 0 Å². The number of hydrogen-bond acceptors (Lipinski definition) is 4. The molecule has 2 amide bonds. The highest BCUT2D eigenvalue weighted by Gasteiger charge is 2.29. The number of amides is 2. The van der Waals surface area contributed by atoms with Gasteiger partial charge in [-0.25, -0.2) is 0 Å². The van der Waals surface area contributed by atoms with Crippen LogP contribution in [0.1, 0.15) is 43.4 Å². The van der Waals surface area contributed by atoms with Crippen molar-refractivity contribution >= 4 is 11.8 Å². The van der Waals surface area contributed by atoms with Crippen LogP contribution in [0.2, 0.25) is 0 Å². The van der Waals surface area contributed by atoms with E-state index in [0.29, 0.717) is 43.8 Å². The third-order valence-corrected chi connectivity index (χ3v) is 5.99. The van der Waals surface area contributed by atoms with Crippen LogP contribution < -0.4 is 10.6 Å². The van der Waals surface area contributed by atoms with Gasteiger partial charge in [-0.1, -0.05) is 30.3 Å². The van der Waals surface area contributed by atoms with Crippen molar-refractivity contribution in [1.29, 1.82) is 0 Å². The zero-order chi connectivity index (χ0) is 22.7. The number of carbonyl (C=O) groups excluding carboxylic acids is 2. The van der Waals surface area contributed by atoms with Crippen LogP contribution >= 0.6 is 0 Å². The van der Waals surface area contributed by atoms with E-state index in [0.717, 1.165) is 22.6 Å². The molecule has 0 saturated carbocycles. The maximum absolute atomic E-state index is 12.9. The second kappa shape index (κ2) is 9.40. The van der Waals surface area contributed by atoms with Crippen LogP contribution in [0, 0.1) is 13.8 Å². The van der Waals surface area contributed by atoms with E-state index in [1.807, 2.05) is 54.9 Å². The Balaban J connectivity index is 1.38. The normalized spacial score (nSPS) is 14.9. The molecule has 3 aromatic rings. The summed E-state index contributed by atoms with van der Waals surface area (Å²) in [6.45, 7) is 6.26. The molecule has 1 aromatic carbocycles. The third kappa shape index (κ3) is 4.45. The lowest BCUT2D eigenvalue weighted by Crippen LogP contribution is -2.36. The van der Waals surface area contributed by atoms with Crippen LogP contribution in [-0.2, 0) is 30.8 Å². The number of aryl methyl sites for hydroxylation is 1. The molecule has 0 spiro atoms. The Morgan fingerprint density at radius 2 is 1.94 bits per heavy atom. The van der Waals surface area contributed by atoms with Gasteiger partial charge in [-0.2, -0.15) is 5.10 Å². The van der Waals surface area contributed by atoms with Crippen LogP contribution in [0.3, 0.4) is 0 Å². The van der Waals surface area contributed by atoms with Crippen LogP contribution in [0.4, 0.5) is 0 Å². The molecule has 2 N–H and O–H groups in total. The first-order valence-electron chi connectivity index (χ1n) is 10.8. The van der Waals surface area contributed by atoms with Crippen LogP contribution in [-0.4, -0.2) is 45.9 Å². The zero-order valence-electron chi connectivity index (χ0n) is 18.7. The average molecular weight is 436 g/mol. The second-order valence-corrected chi connectivity index (χ2v) is 8.16. The van der Waals surface area contributed by atoms with Crippen molar-refractivity contribution in [3.05, 3.63) is 76.4 Å². The summed E-state index contributed by atoms with van der Waals surface area (Å²) in [5.41, 5.74) is 5.08. The Hall–Kier alpha value is -3.39. The first kappa shape index (κ1) is 21.8. The minimum absolute atomic E-state index is 0.103. The number of carbonyl (C=O) groups is 2. The van der Waals surface area contributed by atoms with Crippen LogP contribution in [0.15, 0.2) is 42.6 Å². The van der Waals surface area contributed by atoms with Crippen LogP contribution in [0.25, 0.3) is 0 Å². The second-order valence-electron chi connectivity index (χ2n) is 8.16. The van der Waals surface area contributed by atoms with E-state index in [1.165, 1.54) is 0 Å². The van der Waals surface area contributed by atoms with E-state index < -0.39 is 0 Å². The maximum Gasteiger partial charge on any atom is 0.255 e. The summed E-state index contributed by atoms with van der Waals surface area (Å²) in [6, 6.07) is 11.6. The number of benzene rings is 1. The Labute approximate surface area is 187 Å². The van der Waals surface area contributed by atoms with Gasteiger partial charge in [-0.3, -0.25) is 14.3 Å². The summed E-state index contributed by atoms with van der Waals surface area (Å²) in [6.07, 6.45) is 2.18. The molecule has 0 radical (unpaired) electrons. The summed E-state index contributed by atoms with van der Waals surface area (Å²) in [4.78, 5) is 25.6. The highest BCUT2D eigenvalue weighted by atomic mass is 16.5. The summed E-state index contributed by atoms with van der Waals surface area (Å²) < 4.78 is 9.07. The fourth-order valence-corrected chi connectivity index (χ4v) is 4.27. The molecule has 0 aliphatic carbocycles. The lowest BCUT2D eigenvalue weighted by molar-refractivity contribution is 0.0933. The SMILES string of the molecule is COCCn1c(C)cc(C(=O)N[C@H]2Cc3c(C(=O)NCc4ccccc4)cnn3C2)c1C. The van der Waals surface area contributed by atoms with Gasteiger partial charge in [-0.15, -0.1) is 0 Å². The number of fused-ring (bicyclic) bond motifs is 1. The van der Waals surface area contributed by atoms with Crippen molar-refractivity contribution in [1.82, 2.24) is 25.0 Å². The van der Waals surface area contributed by atoms with Gasteiger partial charge >= 0.3 is 0 Å². The number of hydrogen-bond donors (Lipinski definition) is 2. The molecule has 2 aromatic heterocycles. The topological polar surface area (TPSA) is 90.2 Å². The smallest absolute Gasteiger partial charge is 0.255 e. The number of methoxy groups -OCH3 is 1. The van der Waals surface area contributed by atoms with Crippen molar-refractivity contribution in [3.8, 4) is 0 Å². The van der Waals surface area contributed by atoms with Gasteiger partial charge in [-0.05, 0) is 25.5 Å². The number of nitrogens with one attached hydrogen (secondary N) is 2. The van der Waals surface area contributed by atoms with Crippen molar-refractivity contribution in [2.45, 2.75) is 45.9 Å². The quantitative estimate of drug-likeness (QED) is 0.568. The highest BCUT2D eigenvalue weighted by molar-refractivity contribution is 5.96. The monoisotopic (exact) mass is 435 g/mol. The van der Waals surface area contributed by atoms with E-state index >= 15 is 0 Å². The Kier molecular flexibility index (Phi) is 6.41. The molecule has 3 heterocycles. The summed E-state index contributed by atoms with van der Waals surface area (Å²) in [7, 11) is 1.67. The van der Waals surface area contributed by atoms with E-state index in [4.69, 9.17) is 4.74 Å². The minimum atomic E-state index is -0.149. The molecular formula is C24H29N5O3. The lowest BCUT2D eigenvalue weighted by Gasteiger charge is -2.13. The highest BCUT2D eigenvalue weighted by Crippen LogP contribution is 2.21. The van der Waals surface area contributed by atoms with E-state index in [9.17, 15) is 9.59 Å². The van der Waals surface area contributed by atoms with Gasteiger partial charge in [0, 0.05) is 38.0 Å². The Morgan fingerprint density at radius 3 is 2.69 bits per heavy atom. The molecule has 0 saturated heterocycles. The Bertz CT molecular complexity index is 1120. The standard InChI is InChI=1S/C24H29N5O3/c1-16-11-20(17(2)28(16)9-10-32-3)24(31)27-19-12-22-21(14-26-29(22)15-19)23(30)25-13-18-7-5-4-6-8-18/h4-8,11,14,19H,9-10,12-13,15H2,1-3H3,(H,25,30)(H,27,31)/t19-/m0/s1. The predicted octanol–water partition coefficient (Wildman–Crippen LogP) is 2.23. The lowest BCUT2D eigenvalue weighted by atomic mass is 10.1. The fourth-order valence-electron chi connectivity index (χ4n) is 4.27. The molecule has 32 heavy (non-hydrogen) atoms. The molecule has 8 nitrogen and oxygen atoms in total. The van der Waals surface area contributed by atoms with Gasteiger partial charge < -0.3 is 19.9 Å². The van der Waals surface area contributed by atoms with Gasteiger partial charge in [0.05, 0.1) is 42.2 Å². The van der Waals surface area contributed by atoms with Gasteiger partial charge in [0.25, 0.3) is 11.8 Å². The van der Waals surface area contributed by atoms with Gasteiger partial charge in [0.15, 0.2) is 0 Å². The first-order valence-corrected chi connectivity index (χ1v) is 10.8. The van der Waals surface area contributed by atoms with E-state index in [-0.39, 0.29) is 17.9 Å². The first-order chi connectivity index (χ1) is 15.5. The van der Waals surface area contributed by atoms with Crippen molar-refractivity contribution in [3.63, 3.8) is 0 Å². The molecule has 168 valence electrons. The average Bonchev–Trinajstić information content (AvgIpc) is 3.44. The zero-order valence-corrected chi connectivity index (χ0v) is 18.7. The molecule has 1 aliphatic heterocycles. The summed E-state index contributed by atoms with van der Waals surface area (Å²) >= 11 is 0. The number of rotatable bonds is 8. The molecule has 8 heteroatoms. The fraction of sp³-hybridized carbons (Fsp3) is 0.375. The van der Waals surface area contributed by atoms with Crippen molar-refractivity contribution < 1.29 is 14.3 Å². The van der Waals surface area contributed by atoms with Crippen molar-refractivity contribution in [2.75, 3.05) is 13.7 Å². The van der Waals surface area contributed by atoms with Crippen LogP contribution in [0.5, 0.6) is 0 Å². The molecule has 1 atom stereocenters. The number of aromatic nitrogens is 3. The predicted molar refractivity (Wildman–Crippen MR) is 121 cm³/mol. The maximum atomic E-state index is 12.9. The molecule has 4 rings (SSSR count). The third-order valence-electron chi connectivity index (χ3n) is 5.99. The number of ether oxygens (including phenoxy) is 1. The Morgan fingerprint density at radius 1 is 1.16 bits per heavy atom. The summed E-state index contributed by atoms with van der Waals surface area (Å²) in [5, 5.41) is 10.4. The molecule has 1 aliphatic rings. The van der Waals surface area contributed by atoms with E-state index in [2.05, 4.69) is 20.3 Å².